The van der Waals surface area contributed by atoms with Crippen molar-refractivity contribution >= 4 is 21.7 Å². The van der Waals surface area contributed by atoms with Gasteiger partial charge in [0.15, 0.2) is 0 Å². The Morgan fingerprint density at radius 1 is 1.04 bits per heavy atom. The van der Waals surface area contributed by atoms with Crippen molar-refractivity contribution in [1.29, 1.82) is 0 Å². The van der Waals surface area contributed by atoms with Crippen molar-refractivity contribution < 1.29 is 27.1 Å². The van der Waals surface area contributed by atoms with E-state index >= 15 is 0 Å². The van der Waals surface area contributed by atoms with Crippen molar-refractivity contribution in [3.8, 4) is 0 Å². The molecule has 2 aromatic rings. The van der Waals surface area contributed by atoms with Crippen LogP contribution in [0.15, 0.2) is 53.4 Å². The van der Waals surface area contributed by atoms with Gasteiger partial charge >= 0.3 is 5.97 Å². The van der Waals surface area contributed by atoms with Gasteiger partial charge in [0.25, 0.3) is 10.0 Å². The van der Waals surface area contributed by atoms with Gasteiger partial charge in [-0.05, 0) is 42.8 Å². The minimum atomic E-state index is -4.16. The fourth-order valence-corrected chi connectivity index (χ4v) is 3.64. The van der Waals surface area contributed by atoms with Crippen molar-refractivity contribution in [2.24, 2.45) is 0 Å². The summed E-state index contributed by atoms with van der Waals surface area (Å²) in [5.41, 5.74) is -0.188. The molecule has 0 unspecified atom stereocenters. The Kier molecular flexibility index (Phi) is 5.50. The van der Waals surface area contributed by atoms with Crippen molar-refractivity contribution in [1.82, 2.24) is 0 Å². The summed E-state index contributed by atoms with van der Waals surface area (Å²) >= 11 is 0. The summed E-state index contributed by atoms with van der Waals surface area (Å²) in [6, 6.07) is 9.43. The van der Waals surface area contributed by atoms with Crippen LogP contribution in [0.1, 0.15) is 12.8 Å². The molecule has 0 saturated carbocycles. The fraction of sp³-hybridized carbons (Fsp3) is 0.188. The zero-order chi connectivity index (χ0) is 17.7. The molecule has 8 heteroatoms. The van der Waals surface area contributed by atoms with Crippen LogP contribution in [0.5, 0.6) is 0 Å². The van der Waals surface area contributed by atoms with E-state index in [9.17, 15) is 22.0 Å². The first-order valence-electron chi connectivity index (χ1n) is 7.07. The number of rotatable bonds is 7. The van der Waals surface area contributed by atoms with E-state index in [0.29, 0.717) is 0 Å². The van der Waals surface area contributed by atoms with Crippen LogP contribution in [0.25, 0.3) is 0 Å². The highest BCUT2D eigenvalue weighted by Crippen LogP contribution is 2.26. The van der Waals surface area contributed by atoms with E-state index in [4.69, 9.17) is 5.11 Å². The van der Waals surface area contributed by atoms with E-state index in [-0.39, 0.29) is 30.0 Å². The van der Waals surface area contributed by atoms with E-state index < -0.39 is 27.6 Å². The van der Waals surface area contributed by atoms with Gasteiger partial charge in [0.05, 0.1) is 10.6 Å². The summed E-state index contributed by atoms with van der Waals surface area (Å²) in [6.07, 6.45) is -0.256. The van der Waals surface area contributed by atoms with Gasteiger partial charge in [-0.3, -0.25) is 9.10 Å². The van der Waals surface area contributed by atoms with Crippen LogP contribution in [0, 0.1) is 11.6 Å². The summed E-state index contributed by atoms with van der Waals surface area (Å²) in [5.74, 6) is -2.43. The standard InChI is InChI=1S/C16H15F2NO4S/c17-12-7-9-13(10-8-12)24(22,23)19(11-3-6-16(20)21)15-5-2-1-4-14(15)18/h1-2,4-5,7-10H,3,6,11H2,(H,20,21). The number of anilines is 1. The molecule has 0 aromatic heterocycles. The highest BCUT2D eigenvalue weighted by Gasteiger charge is 2.26. The Morgan fingerprint density at radius 3 is 2.25 bits per heavy atom. The maximum absolute atomic E-state index is 14.1. The number of carboxylic acid groups (broad SMARTS) is 1. The van der Waals surface area contributed by atoms with Crippen LogP contribution >= 0.6 is 0 Å². The Labute approximate surface area is 138 Å². The lowest BCUT2D eigenvalue weighted by molar-refractivity contribution is -0.137. The highest BCUT2D eigenvalue weighted by atomic mass is 32.2. The molecule has 1 N–H and O–H groups in total. The molecule has 0 aliphatic rings. The molecule has 24 heavy (non-hydrogen) atoms. The molecule has 0 atom stereocenters. The molecule has 2 rings (SSSR count). The normalized spacial score (nSPS) is 11.2. The van der Waals surface area contributed by atoms with Crippen molar-refractivity contribution in [3.05, 3.63) is 60.2 Å². The SMILES string of the molecule is O=C(O)CCCN(c1ccccc1F)S(=O)(=O)c1ccc(F)cc1. The molecule has 5 nitrogen and oxygen atoms in total. The predicted molar refractivity (Wildman–Crippen MR) is 84.2 cm³/mol. The lowest BCUT2D eigenvalue weighted by atomic mass is 10.2. The van der Waals surface area contributed by atoms with Crippen LogP contribution in [0.3, 0.4) is 0 Å². The number of aliphatic carboxylic acids is 1. The van der Waals surface area contributed by atoms with Gasteiger partial charge in [0.1, 0.15) is 11.6 Å². The van der Waals surface area contributed by atoms with E-state index in [1.165, 1.54) is 18.2 Å². The molecule has 128 valence electrons. The second-order valence-electron chi connectivity index (χ2n) is 4.98. The zero-order valence-electron chi connectivity index (χ0n) is 12.5. The summed E-state index contributed by atoms with van der Waals surface area (Å²) in [6.45, 7) is -0.215. The largest absolute Gasteiger partial charge is 0.481 e. The number of halogens is 2. The van der Waals surface area contributed by atoms with E-state index in [1.54, 1.807) is 0 Å². The molecular weight excluding hydrogens is 340 g/mol. The number of hydrogen-bond donors (Lipinski definition) is 1. The molecule has 0 bridgehead atoms. The number of sulfonamides is 1. The first kappa shape index (κ1) is 17.9. The number of carbonyl (C=O) groups is 1. The number of benzene rings is 2. The van der Waals surface area contributed by atoms with Gasteiger partial charge in [-0.15, -0.1) is 0 Å². The quantitative estimate of drug-likeness (QED) is 0.828. The lowest BCUT2D eigenvalue weighted by Crippen LogP contribution is -2.33. The molecule has 0 spiro atoms. The number of carboxylic acids is 1. The van der Waals surface area contributed by atoms with Crippen molar-refractivity contribution in [2.75, 3.05) is 10.8 Å². The average molecular weight is 355 g/mol. The third-order valence-corrected chi connectivity index (χ3v) is 5.10. The second kappa shape index (κ2) is 7.39. The van der Waals surface area contributed by atoms with Gasteiger partial charge in [0, 0.05) is 13.0 Å². The summed E-state index contributed by atoms with van der Waals surface area (Å²) in [5, 5.41) is 8.72. The second-order valence-corrected chi connectivity index (χ2v) is 6.84. The fourth-order valence-electron chi connectivity index (χ4n) is 2.13. The topological polar surface area (TPSA) is 74.7 Å². The number of nitrogens with zero attached hydrogens (tertiary/aromatic N) is 1. The Balaban J connectivity index is 2.42. The van der Waals surface area contributed by atoms with E-state index in [0.717, 1.165) is 34.6 Å². The van der Waals surface area contributed by atoms with Crippen molar-refractivity contribution in [3.63, 3.8) is 0 Å². The van der Waals surface area contributed by atoms with Gasteiger partial charge < -0.3 is 5.11 Å². The third kappa shape index (κ3) is 4.08. The third-order valence-electron chi connectivity index (χ3n) is 3.27. The van der Waals surface area contributed by atoms with Gasteiger partial charge in [-0.25, -0.2) is 17.2 Å². The Hall–Kier alpha value is -2.48. The summed E-state index contributed by atoms with van der Waals surface area (Å²) in [4.78, 5) is 10.5. The van der Waals surface area contributed by atoms with Crippen LogP contribution in [-0.4, -0.2) is 26.0 Å². The van der Waals surface area contributed by atoms with E-state index in [2.05, 4.69) is 0 Å². The van der Waals surface area contributed by atoms with Crippen molar-refractivity contribution in [2.45, 2.75) is 17.7 Å². The highest BCUT2D eigenvalue weighted by molar-refractivity contribution is 7.92. The smallest absolute Gasteiger partial charge is 0.303 e. The molecule has 0 aliphatic heterocycles. The molecule has 0 radical (unpaired) electrons. The monoisotopic (exact) mass is 355 g/mol. The Morgan fingerprint density at radius 2 is 1.67 bits per heavy atom. The van der Waals surface area contributed by atoms with Gasteiger partial charge in [0.2, 0.25) is 0 Å². The number of para-hydroxylation sites is 1. The minimum absolute atomic E-state index is 0.00406. The Bertz CT molecular complexity index is 822. The van der Waals surface area contributed by atoms with Crippen LogP contribution < -0.4 is 4.31 Å². The van der Waals surface area contributed by atoms with Gasteiger partial charge in [-0.1, -0.05) is 12.1 Å². The maximum Gasteiger partial charge on any atom is 0.303 e. The van der Waals surface area contributed by atoms with E-state index in [1.807, 2.05) is 0 Å². The molecule has 0 amide bonds. The van der Waals surface area contributed by atoms with Crippen LogP contribution in [0.4, 0.5) is 14.5 Å². The maximum atomic E-state index is 14.1. The number of hydrogen-bond acceptors (Lipinski definition) is 3. The first-order chi connectivity index (χ1) is 11.3. The molecule has 0 heterocycles. The summed E-state index contributed by atoms with van der Waals surface area (Å²) < 4.78 is 53.4. The summed E-state index contributed by atoms with van der Waals surface area (Å²) in [7, 11) is -4.16. The lowest BCUT2D eigenvalue weighted by Gasteiger charge is -2.24. The minimum Gasteiger partial charge on any atom is -0.481 e. The molecule has 0 fully saturated rings. The molecule has 2 aromatic carbocycles. The average Bonchev–Trinajstić information content (AvgIpc) is 2.52. The van der Waals surface area contributed by atoms with Gasteiger partial charge in [-0.2, -0.15) is 0 Å². The zero-order valence-corrected chi connectivity index (χ0v) is 13.3. The molecule has 0 aliphatic carbocycles. The van der Waals surface area contributed by atoms with Crippen LogP contribution in [0.2, 0.25) is 0 Å². The van der Waals surface area contributed by atoms with Crippen LogP contribution in [-0.2, 0) is 14.8 Å². The first-order valence-corrected chi connectivity index (χ1v) is 8.51. The predicted octanol–water partition coefficient (Wildman–Crippen LogP) is 3.02. The molecular formula is C16H15F2NO4S. The molecule has 0 saturated heterocycles.